The molecule has 16 heavy (non-hydrogen) atoms. The van der Waals surface area contributed by atoms with E-state index in [1.54, 1.807) is 24.3 Å². The van der Waals surface area contributed by atoms with Crippen LogP contribution in [0.4, 0.5) is 4.79 Å². The van der Waals surface area contributed by atoms with Crippen molar-refractivity contribution < 1.29 is 44.3 Å². The summed E-state index contributed by atoms with van der Waals surface area (Å²) >= 11 is 0. The first-order valence-electron chi connectivity index (χ1n) is 4.40. The molecule has 0 aliphatic carbocycles. The predicted octanol–water partition coefficient (Wildman–Crippen LogP) is -3.98. The van der Waals surface area contributed by atoms with Crippen LogP contribution in [0.1, 0.15) is 5.56 Å². The Morgan fingerprint density at radius 1 is 1.31 bits per heavy atom. The number of carbonyl (C=O) groups excluding carboxylic acids is 2. The molecular formula is C10H11N2NaO3. The number of carboxylic acids is 1. The maximum atomic E-state index is 10.7. The number of urea groups is 1. The number of amides is 2. The number of hydrogen-bond acceptors (Lipinski definition) is 3. The van der Waals surface area contributed by atoms with Crippen molar-refractivity contribution in [3.05, 3.63) is 35.9 Å². The number of hydrogen-bond donors (Lipinski definition) is 2. The van der Waals surface area contributed by atoms with Gasteiger partial charge < -0.3 is 21.0 Å². The van der Waals surface area contributed by atoms with E-state index in [0.29, 0.717) is 0 Å². The van der Waals surface area contributed by atoms with Crippen molar-refractivity contribution in [2.75, 3.05) is 0 Å². The van der Waals surface area contributed by atoms with Gasteiger partial charge in [-0.15, -0.1) is 0 Å². The fraction of sp³-hybridized carbons (Fsp3) is 0.200. The minimum atomic E-state index is -1.35. The number of primary amides is 1. The number of nitrogens with two attached hydrogens (primary N) is 1. The molecule has 1 aromatic rings. The first-order valence-corrected chi connectivity index (χ1v) is 4.40. The van der Waals surface area contributed by atoms with E-state index in [1.165, 1.54) is 0 Å². The molecule has 1 rings (SSSR count). The van der Waals surface area contributed by atoms with E-state index in [-0.39, 0.29) is 36.0 Å². The van der Waals surface area contributed by atoms with E-state index in [4.69, 9.17) is 5.73 Å². The van der Waals surface area contributed by atoms with Crippen LogP contribution >= 0.6 is 0 Å². The summed E-state index contributed by atoms with van der Waals surface area (Å²) < 4.78 is 0. The molecule has 0 aromatic heterocycles. The minimum Gasteiger partial charge on any atom is -0.548 e. The Morgan fingerprint density at radius 2 is 1.88 bits per heavy atom. The van der Waals surface area contributed by atoms with Crippen LogP contribution in [0.2, 0.25) is 0 Å². The normalized spacial score (nSPS) is 11.0. The Morgan fingerprint density at radius 3 is 2.31 bits per heavy atom. The molecule has 0 aliphatic rings. The molecule has 0 heterocycles. The van der Waals surface area contributed by atoms with Gasteiger partial charge in [-0.05, 0) is 12.0 Å². The van der Waals surface area contributed by atoms with Crippen molar-refractivity contribution in [3.8, 4) is 0 Å². The average Bonchev–Trinajstić information content (AvgIpc) is 2.17. The van der Waals surface area contributed by atoms with Crippen LogP contribution in [0.15, 0.2) is 30.3 Å². The molecule has 80 valence electrons. The molecule has 3 N–H and O–H groups in total. The molecule has 6 heteroatoms. The summed E-state index contributed by atoms with van der Waals surface area (Å²) in [5.74, 6) is -1.35. The molecule has 1 unspecified atom stereocenters. The van der Waals surface area contributed by atoms with E-state index in [0.717, 1.165) is 5.56 Å². The van der Waals surface area contributed by atoms with Crippen molar-refractivity contribution in [3.63, 3.8) is 0 Å². The third-order valence-corrected chi connectivity index (χ3v) is 1.88. The number of rotatable bonds is 4. The van der Waals surface area contributed by atoms with Gasteiger partial charge in [0.25, 0.3) is 0 Å². The first-order chi connectivity index (χ1) is 7.09. The maximum Gasteiger partial charge on any atom is 1.00 e. The van der Waals surface area contributed by atoms with E-state index in [2.05, 4.69) is 5.32 Å². The molecule has 0 fully saturated rings. The van der Waals surface area contributed by atoms with Gasteiger partial charge in [-0.25, -0.2) is 4.79 Å². The molecule has 0 saturated heterocycles. The summed E-state index contributed by atoms with van der Waals surface area (Å²) in [5.41, 5.74) is 5.64. The third-order valence-electron chi connectivity index (χ3n) is 1.88. The van der Waals surface area contributed by atoms with E-state index >= 15 is 0 Å². The summed E-state index contributed by atoms with van der Waals surface area (Å²) in [6.07, 6.45) is 0.159. The van der Waals surface area contributed by atoms with Crippen molar-refractivity contribution in [2.24, 2.45) is 5.73 Å². The smallest absolute Gasteiger partial charge is 0.548 e. The third kappa shape index (κ3) is 5.16. The Bertz CT molecular complexity index is 356. The maximum absolute atomic E-state index is 10.7. The largest absolute Gasteiger partial charge is 1.00 e. The van der Waals surface area contributed by atoms with Gasteiger partial charge in [0.2, 0.25) is 0 Å². The topological polar surface area (TPSA) is 95.2 Å². The van der Waals surface area contributed by atoms with Gasteiger partial charge in [0, 0.05) is 0 Å². The van der Waals surface area contributed by atoms with Gasteiger partial charge in [-0.3, -0.25) is 0 Å². The molecule has 0 radical (unpaired) electrons. The quantitative estimate of drug-likeness (QED) is 0.516. The molecule has 0 saturated carbocycles. The van der Waals surface area contributed by atoms with E-state index in [1.807, 2.05) is 6.07 Å². The van der Waals surface area contributed by atoms with Crippen molar-refractivity contribution >= 4 is 12.0 Å². The first kappa shape index (κ1) is 15.0. The van der Waals surface area contributed by atoms with Crippen molar-refractivity contribution in [1.82, 2.24) is 5.32 Å². The fourth-order valence-corrected chi connectivity index (χ4v) is 1.21. The van der Waals surface area contributed by atoms with Gasteiger partial charge in [-0.1, -0.05) is 30.3 Å². The summed E-state index contributed by atoms with van der Waals surface area (Å²) in [6.45, 7) is 0. The zero-order valence-corrected chi connectivity index (χ0v) is 11.0. The zero-order valence-electron chi connectivity index (χ0n) is 8.97. The number of carbonyl (C=O) groups is 2. The van der Waals surface area contributed by atoms with Gasteiger partial charge in [-0.2, -0.15) is 0 Å². The summed E-state index contributed by atoms with van der Waals surface area (Å²) in [5, 5.41) is 12.8. The van der Waals surface area contributed by atoms with Crippen LogP contribution < -0.4 is 45.7 Å². The van der Waals surface area contributed by atoms with Gasteiger partial charge in [0.15, 0.2) is 0 Å². The van der Waals surface area contributed by atoms with Crippen molar-refractivity contribution in [1.29, 1.82) is 0 Å². The summed E-state index contributed by atoms with van der Waals surface area (Å²) in [4.78, 5) is 21.2. The SMILES string of the molecule is NC(=O)NC(Cc1ccccc1)C(=O)[O-].[Na+]. The van der Waals surface area contributed by atoms with E-state index in [9.17, 15) is 14.7 Å². The number of benzene rings is 1. The Kier molecular flexibility index (Phi) is 6.80. The molecule has 5 nitrogen and oxygen atoms in total. The van der Waals surface area contributed by atoms with Crippen LogP contribution in [0, 0.1) is 0 Å². The Hall–Kier alpha value is -1.04. The second-order valence-electron chi connectivity index (χ2n) is 3.07. The predicted molar refractivity (Wildman–Crippen MR) is 51.7 cm³/mol. The molecule has 1 atom stereocenters. The van der Waals surface area contributed by atoms with Crippen molar-refractivity contribution in [2.45, 2.75) is 12.5 Å². The minimum absolute atomic E-state index is 0. The second kappa shape index (κ2) is 7.27. The van der Waals surface area contributed by atoms with Crippen LogP contribution in [0.25, 0.3) is 0 Å². The molecular weight excluding hydrogens is 219 g/mol. The van der Waals surface area contributed by atoms with Crippen LogP contribution in [-0.2, 0) is 11.2 Å². The molecule has 0 bridgehead atoms. The van der Waals surface area contributed by atoms with Crippen LogP contribution in [0.5, 0.6) is 0 Å². The standard InChI is InChI=1S/C10H12N2O3.Na/c11-10(15)12-8(9(13)14)6-7-4-2-1-3-5-7;/h1-5,8H,6H2,(H,13,14)(H3,11,12,15);/q;+1/p-1. The molecule has 0 aliphatic heterocycles. The van der Waals surface area contributed by atoms with Gasteiger partial charge >= 0.3 is 35.6 Å². The van der Waals surface area contributed by atoms with Gasteiger partial charge in [0.1, 0.15) is 0 Å². The Labute approximate surface area is 115 Å². The van der Waals surface area contributed by atoms with Crippen LogP contribution in [-0.4, -0.2) is 18.0 Å². The average molecular weight is 230 g/mol. The second-order valence-corrected chi connectivity index (χ2v) is 3.07. The van der Waals surface area contributed by atoms with Crippen LogP contribution in [0.3, 0.4) is 0 Å². The molecule has 1 aromatic carbocycles. The zero-order chi connectivity index (χ0) is 11.3. The molecule has 0 spiro atoms. The fourth-order valence-electron chi connectivity index (χ4n) is 1.21. The summed E-state index contributed by atoms with van der Waals surface area (Å²) in [6, 6.07) is 6.94. The Balaban J connectivity index is 0.00000225. The summed E-state index contributed by atoms with van der Waals surface area (Å²) in [7, 11) is 0. The van der Waals surface area contributed by atoms with Gasteiger partial charge in [0.05, 0.1) is 12.0 Å². The monoisotopic (exact) mass is 230 g/mol. The van der Waals surface area contributed by atoms with E-state index < -0.39 is 18.0 Å². The number of aliphatic carboxylic acids is 1. The number of nitrogens with one attached hydrogen (secondary N) is 1. The molecule has 2 amide bonds. The number of carboxylic acid groups (broad SMARTS) is 1.